The Labute approximate surface area is 159 Å². The van der Waals surface area contributed by atoms with Crippen LogP contribution in [-0.4, -0.2) is 17.9 Å². The summed E-state index contributed by atoms with van der Waals surface area (Å²) in [4.78, 5) is 24.7. The van der Waals surface area contributed by atoms with Gasteiger partial charge in [-0.15, -0.1) is 0 Å². The second kappa shape index (κ2) is 8.80. The summed E-state index contributed by atoms with van der Waals surface area (Å²) in [5.41, 5.74) is 1.89. The van der Waals surface area contributed by atoms with E-state index in [1.54, 1.807) is 19.1 Å². The fraction of sp³-hybridized carbons (Fsp3) is 0.364. The Morgan fingerprint density at radius 1 is 1.04 bits per heavy atom. The van der Waals surface area contributed by atoms with Gasteiger partial charge in [0.15, 0.2) is 0 Å². The second-order valence-electron chi connectivity index (χ2n) is 7.16. The molecular weight excluding hydrogens is 343 g/mol. The molecule has 1 saturated carbocycles. The van der Waals surface area contributed by atoms with Crippen LogP contribution in [0.1, 0.15) is 43.4 Å². The fourth-order valence-corrected chi connectivity index (χ4v) is 3.16. The fourth-order valence-electron chi connectivity index (χ4n) is 3.16. The van der Waals surface area contributed by atoms with E-state index in [0.717, 1.165) is 30.4 Å². The summed E-state index contributed by atoms with van der Waals surface area (Å²) in [6.45, 7) is 1.70. The molecule has 2 atom stereocenters. The number of nitrogens with one attached hydrogen (secondary N) is 2. The van der Waals surface area contributed by atoms with Gasteiger partial charge < -0.3 is 10.6 Å². The molecular formula is C22H25FN2O2. The number of hydrogen-bond acceptors (Lipinski definition) is 2. The van der Waals surface area contributed by atoms with Crippen molar-refractivity contribution < 1.29 is 14.0 Å². The van der Waals surface area contributed by atoms with Gasteiger partial charge in [-0.2, -0.15) is 0 Å². The molecule has 1 fully saturated rings. The smallest absolute Gasteiger partial charge is 0.242 e. The average Bonchev–Trinajstić information content (AvgIpc) is 2.62. The van der Waals surface area contributed by atoms with Crippen molar-refractivity contribution in [1.29, 1.82) is 0 Å². The van der Waals surface area contributed by atoms with Crippen LogP contribution >= 0.6 is 0 Å². The summed E-state index contributed by atoms with van der Waals surface area (Å²) >= 11 is 0. The van der Waals surface area contributed by atoms with Gasteiger partial charge in [-0.05, 0) is 49.4 Å². The van der Waals surface area contributed by atoms with Gasteiger partial charge in [0.1, 0.15) is 11.9 Å². The zero-order chi connectivity index (χ0) is 19.2. The van der Waals surface area contributed by atoms with E-state index in [-0.39, 0.29) is 29.6 Å². The number of amides is 2. The van der Waals surface area contributed by atoms with Crippen molar-refractivity contribution in [3.05, 3.63) is 71.5 Å². The maximum atomic E-state index is 13.2. The van der Waals surface area contributed by atoms with E-state index < -0.39 is 6.04 Å². The van der Waals surface area contributed by atoms with E-state index in [1.807, 2.05) is 30.3 Å². The molecule has 2 aromatic carbocycles. The Bertz CT molecular complexity index is 773. The molecule has 0 radical (unpaired) electrons. The normalized spacial score (nSPS) is 16.1. The summed E-state index contributed by atoms with van der Waals surface area (Å²) in [5.74, 6) is -0.506. The molecule has 4 nitrogen and oxygen atoms in total. The molecule has 0 aromatic heterocycles. The van der Waals surface area contributed by atoms with Crippen molar-refractivity contribution in [1.82, 2.24) is 10.6 Å². The Kier molecular flexibility index (Phi) is 6.22. The van der Waals surface area contributed by atoms with Gasteiger partial charge in [0.25, 0.3) is 0 Å². The van der Waals surface area contributed by atoms with Crippen LogP contribution in [0.15, 0.2) is 54.6 Å². The van der Waals surface area contributed by atoms with Crippen LogP contribution in [0.4, 0.5) is 4.39 Å². The molecule has 0 bridgehead atoms. The summed E-state index contributed by atoms with van der Waals surface area (Å²) < 4.78 is 13.2. The van der Waals surface area contributed by atoms with Crippen LogP contribution in [0.2, 0.25) is 0 Å². The highest BCUT2D eigenvalue weighted by Crippen LogP contribution is 2.26. The maximum absolute atomic E-state index is 13.2. The molecule has 142 valence electrons. The number of halogens is 1. The average molecular weight is 368 g/mol. The molecule has 27 heavy (non-hydrogen) atoms. The highest BCUT2D eigenvalue weighted by Gasteiger charge is 2.28. The number of rotatable bonds is 7. The number of hydrogen-bond donors (Lipinski definition) is 2. The van der Waals surface area contributed by atoms with Gasteiger partial charge in [-0.3, -0.25) is 9.59 Å². The van der Waals surface area contributed by atoms with E-state index in [1.165, 1.54) is 12.1 Å². The van der Waals surface area contributed by atoms with Crippen LogP contribution < -0.4 is 10.6 Å². The molecule has 1 aliphatic rings. The van der Waals surface area contributed by atoms with Crippen molar-refractivity contribution in [3.63, 3.8) is 0 Å². The van der Waals surface area contributed by atoms with Crippen LogP contribution in [0, 0.1) is 11.7 Å². The molecule has 0 spiro atoms. The molecule has 0 saturated heterocycles. The molecule has 3 rings (SSSR count). The van der Waals surface area contributed by atoms with E-state index in [0.29, 0.717) is 6.42 Å². The van der Waals surface area contributed by atoms with E-state index in [4.69, 9.17) is 0 Å². The molecule has 1 aliphatic carbocycles. The molecule has 5 heteroatoms. The highest BCUT2D eigenvalue weighted by atomic mass is 19.1. The monoisotopic (exact) mass is 368 g/mol. The molecule has 2 amide bonds. The van der Waals surface area contributed by atoms with Crippen LogP contribution in [-0.2, 0) is 16.0 Å². The lowest BCUT2D eigenvalue weighted by Gasteiger charge is -2.27. The molecule has 2 unspecified atom stereocenters. The Morgan fingerprint density at radius 3 is 2.30 bits per heavy atom. The topological polar surface area (TPSA) is 58.2 Å². The summed E-state index contributed by atoms with van der Waals surface area (Å²) in [6.07, 6.45) is 3.42. The predicted molar refractivity (Wildman–Crippen MR) is 102 cm³/mol. The standard InChI is InChI=1S/C22H25FN2O2/c1-15(24-22(27)18-8-5-9-18)21(26)25-20(17-6-3-2-4-7-17)14-16-10-12-19(23)13-11-16/h2-4,6-7,10-13,15,18,20H,5,8-9,14H2,1H3,(H,24,27)(H,25,26). The van der Waals surface area contributed by atoms with E-state index in [9.17, 15) is 14.0 Å². The summed E-state index contributed by atoms with van der Waals surface area (Å²) in [5, 5.41) is 5.84. The second-order valence-corrected chi connectivity index (χ2v) is 7.16. The first-order chi connectivity index (χ1) is 13.0. The lowest BCUT2D eigenvalue weighted by atomic mass is 9.84. The SMILES string of the molecule is CC(NC(=O)C1CCC1)C(=O)NC(Cc1ccc(F)cc1)c1ccccc1. The van der Waals surface area contributed by atoms with Crippen molar-refractivity contribution >= 4 is 11.8 Å². The van der Waals surface area contributed by atoms with Gasteiger partial charge in [0.2, 0.25) is 11.8 Å². The van der Waals surface area contributed by atoms with Crippen molar-refractivity contribution in [2.24, 2.45) is 5.92 Å². The van der Waals surface area contributed by atoms with E-state index >= 15 is 0 Å². The maximum Gasteiger partial charge on any atom is 0.242 e. The summed E-state index contributed by atoms with van der Waals surface area (Å²) in [7, 11) is 0. The zero-order valence-electron chi connectivity index (χ0n) is 15.5. The van der Waals surface area contributed by atoms with Crippen LogP contribution in [0.3, 0.4) is 0 Å². The molecule has 2 N–H and O–H groups in total. The van der Waals surface area contributed by atoms with Gasteiger partial charge in [0, 0.05) is 5.92 Å². The first kappa shape index (κ1) is 19.1. The number of benzene rings is 2. The largest absolute Gasteiger partial charge is 0.347 e. The quantitative estimate of drug-likeness (QED) is 0.785. The van der Waals surface area contributed by atoms with Crippen molar-refractivity contribution in [2.75, 3.05) is 0 Å². The Hall–Kier alpha value is -2.69. The third-order valence-electron chi connectivity index (χ3n) is 5.10. The van der Waals surface area contributed by atoms with Gasteiger partial charge in [0.05, 0.1) is 6.04 Å². The predicted octanol–water partition coefficient (Wildman–Crippen LogP) is 3.53. The molecule has 0 aliphatic heterocycles. The first-order valence-electron chi connectivity index (χ1n) is 9.43. The van der Waals surface area contributed by atoms with Gasteiger partial charge >= 0.3 is 0 Å². The minimum absolute atomic E-state index is 0.0429. The summed E-state index contributed by atoms with van der Waals surface area (Å²) in [6, 6.07) is 15.1. The third-order valence-corrected chi connectivity index (χ3v) is 5.10. The zero-order valence-corrected chi connectivity index (χ0v) is 15.5. The Balaban J connectivity index is 1.67. The third kappa shape index (κ3) is 5.16. The van der Waals surface area contributed by atoms with Gasteiger partial charge in [-0.1, -0.05) is 48.9 Å². The lowest BCUT2D eigenvalue weighted by molar-refractivity contribution is -0.132. The van der Waals surface area contributed by atoms with E-state index in [2.05, 4.69) is 10.6 Å². The van der Waals surface area contributed by atoms with Gasteiger partial charge in [-0.25, -0.2) is 4.39 Å². The number of carbonyl (C=O) groups excluding carboxylic acids is 2. The highest BCUT2D eigenvalue weighted by molar-refractivity contribution is 5.88. The molecule has 2 aromatic rings. The lowest BCUT2D eigenvalue weighted by Crippen LogP contribution is -2.48. The number of carbonyl (C=O) groups is 2. The van der Waals surface area contributed by atoms with Crippen LogP contribution in [0.5, 0.6) is 0 Å². The van der Waals surface area contributed by atoms with Crippen molar-refractivity contribution in [3.8, 4) is 0 Å². The minimum Gasteiger partial charge on any atom is -0.347 e. The molecule has 0 heterocycles. The minimum atomic E-state index is -0.600. The van der Waals surface area contributed by atoms with Crippen molar-refractivity contribution in [2.45, 2.75) is 44.7 Å². The first-order valence-corrected chi connectivity index (χ1v) is 9.43. The van der Waals surface area contributed by atoms with Crippen LogP contribution in [0.25, 0.3) is 0 Å². The Morgan fingerprint density at radius 2 is 1.70 bits per heavy atom.